The molecule has 3 rings (SSSR count). The molecule has 26 heavy (non-hydrogen) atoms. The van der Waals surface area contributed by atoms with Gasteiger partial charge in [0.2, 0.25) is 11.8 Å². The van der Waals surface area contributed by atoms with Gasteiger partial charge in [-0.15, -0.1) is 0 Å². The van der Waals surface area contributed by atoms with E-state index in [9.17, 15) is 14.4 Å². The molecule has 1 aliphatic heterocycles. The molecule has 0 radical (unpaired) electrons. The standard InChI is InChI=1S/C20H26N2O4/c1-21(13-17(23)22-11-9-16(10-12-22)20(25)26)19(24)18(15-7-8-15)14-5-3-2-4-6-14/h2-6,15-16,18H,7-13H2,1H3,(H,25,26). The predicted molar refractivity (Wildman–Crippen MR) is 96.5 cm³/mol. The lowest BCUT2D eigenvalue weighted by molar-refractivity contribution is -0.146. The summed E-state index contributed by atoms with van der Waals surface area (Å²) in [5, 5.41) is 9.05. The van der Waals surface area contributed by atoms with Crippen LogP contribution in [0.15, 0.2) is 30.3 Å². The Morgan fingerprint density at radius 2 is 1.73 bits per heavy atom. The fourth-order valence-electron chi connectivity index (χ4n) is 3.70. The van der Waals surface area contributed by atoms with E-state index in [-0.39, 0.29) is 30.2 Å². The maximum Gasteiger partial charge on any atom is 0.306 e. The van der Waals surface area contributed by atoms with E-state index in [0.717, 1.165) is 18.4 Å². The molecule has 2 fully saturated rings. The Morgan fingerprint density at radius 1 is 1.12 bits per heavy atom. The van der Waals surface area contributed by atoms with Crippen molar-refractivity contribution in [3.63, 3.8) is 0 Å². The van der Waals surface area contributed by atoms with Gasteiger partial charge in [0.05, 0.1) is 18.4 Å². The van der Waals surface area contributed by atoms with Gasteiger partial charge in [0.15, 0.2) is 0 Å². The number of amides is 2. The van der Waals surface area contributed by atoms with E-state index < -0.39 is 5.97 Å². The van der Waals surface area contributed by atoms with Crippen LogP contribution in [0.3, 0.4) is 0 Å². The molecule has 2 amide bonds. The molecule has 140 valence electrons. The van der Waals surface area contributed by atoms with Crippen LogP contribution in [0.4, 0.5) is 0 Å². The first-order chi connectivity index (χ1) is 12.5. The molecule has 1 aromatic rings. The SMILES string of the molecule is CN(CC(=O)N1CCC(C(=O)O)CC1)C(=O)C(c1ccccc1)C1CC1. The van der Waals surface area contributed by atoms with Gasteiger partial charge in [-0.1, -0.05) is 30.3 Å². The lowest BCUT2D eigenvalue weighted by Crippen LogP contribution is -2.46. The van der Waals surface area contributed by atoms with E-state index in [0.29, 0.717) is 31.8 Å². The molecule has 1 atom stereocenters. The molecular formula is C20H26N2O4. The molecular weight excluding hydrogens is 332 g/mol. The predicted octanol–water partition coefficient (Wildman–Crippen LogP) is 1.96. The third kappa shape index (κ3) is 4.23. The average Bonchev–Trinajstić information content (AvgIpc) is 3.47. The van der Waals surface area contributed by atoms with Crippen LogP contribution in [-0.4, -0.2) is 59.4 Å². The highest BCUT2D eigenvalue weighted by molar-refractivity contribution is 5.89. The van der Waals surface area contributed by atoms with Crippen LogP contribution >= 0.6 is 0 Å². The quantitative estimate of drug-likeness (QED) is 0.843. The lowest BCUT2D eigenvalue weighted by Gasteiger charge is -2.32. The smallest absolute Gasteiger partial charge is 0.306 e. The molecule has 0 spiro atoms. The van der Waals surface area contributed by atoms with Gasteiger partial charge in [-0.05, 0) is 37.2 Å². The zero-order valence-electron chi connectivity index (χ0n) is 15.1. The summed E-state index contributed by atoms with van der Waals surface area (Å²) in [7, 11) is 1.68. The van der Waals surface area contributed by atoms with Gasteiger partial charge in [0.1, 0.15) is 0 Å². The Hall–Kier alpha value is -2.37. The van der Waals surface area contributed by atoms with Gasteiger partial charge in [-0.2, -0.15) is 0 Å². The van der Waals surface area contributed by atoms with Gasteiger partial charge in [-0.3, -0.25) is 14.4 Å². The van der Waals surface area contributed by atoms with E-state index in [1.807, 2.05) is 30.3 Å². The molecule has 2 aliphatic rings. The van der Waals surface area contributed by atoms with Gasteiger partial charge >= 0.3 is 5.97 Å². The third-order valence-corrected chi connectivity index (χ3v) is 5.46. The Kier molecular flexibility index (Phi) is 5.59. The number of piperidine rings is 1. The van der Waals surface area contributed by atoms with Crippen LogP contribution in [0.1, 0.15) is 37.2 Å². The van der Waals surface area contributed by atoms with Crippen molar-refractivity contribution in [2.75, 3.05) is 26.7 Å². The highest BCUT2D eigenvalue weighted by Gasteiger charge is 2.39. The highest BCUT2D eigenvalue weighted by Crippen LogP contribution is 2.43. The van der Waals surface area contributed by atoms with Crippen molar-refractivity contribution in [1.82, 2.24) is 9.80 Å². The van der Waals surface area contributed by atoms with Crippen molar-refractivity contribution in [1.29, 1.82) is 0 Å². The van der Waals surface area contributed by atoms with Crippen molar-refractivity contribution >= 4 is 17.8 Å². The molecule has 1 heterocycles. The first kappa shape index (κ1) is 18.4. The normalized spacial score (nSPS) is 19.0. The Balaban J connectivity index is 1.58. The Labute approximate surface area is 153 Å². The second-order valence-electron chi connectivity index (χ2n) is 7.41. The van der Waals surface area contributed by atoms with Crippen molar-refractivity contribution in [3.8, 4) is 0 Å². The highest BCUT2D eigenvalue weighted by atomic mass is 16.4. The molecule has 1 saturated carbocycles. The summed E-state index contributed by atoms with van der Waals surface area (Å²) in [4.78, 5) is 39.7. The van der Waals surface area contributed by atoms with Gasteiger partial charge in [0.25, 0.3) is 0 Å². The zero-order chi connectivity index (χ0) is 18.7. The number of aliphatic carboxylic acids is 1. The molecule has 1 unspecified atom stereocenters. The number of likely N-dealkylation sites (N-methyl/N-ethyl adjacent to an activating group) is 1. The van der Waals surface area contributed by atoms with Crippen LogP contribution in [0.2, 0.25) is 0 Å². The largest absolute Gasteiger partial charge is 0.481 e. The molecule has 6 nitrogen and oxygen atoms in total. The number of carboxylic acids is 1. The summed E-state index contributed by atoms with van der Waals surface area (Å²) in [6.45, 7) is 0.942. The summed E-state index contributed by atoms with van der Waals surface area (Å²) in [5.41, 5.74) is 1.02. The van der Waals surface area contributed by atoms with E-state index in [2.05, 4.69) is 0 Å². The summed E-state index contributed by atoms with van der Waals surface area (Å²) < 4.78 is 0. The minimum atomic E-state index is -0.792. The number of likely N-dealkylation sites (tertiary alicyclic amines) is 1. The van der Waals surface area contributed by atoms with Crippen LogP contribution < -0.4 is 0 Å². The summed E-state index contributed by atoms with van der Waals surface area (Å²) in [5.74, 6) is -1.07. The number of benzene rings is 1. The van der Waals surface area contributed by atoms with E-state index in [1.54, 1.807) is 11.9 Å². The Morgan fingerprint density at radius 3 is 2.27 bits per heavy atom. The maximum atomic E-state index is 13.0. The van der Waals surface area contributed by atoms with Gasteiger partial charge in [-0.25, -0.2) is 0 Å². The minimum Gasteiger partial charge on any atom is -0.481 e. The summed E-state index contributed by atoms with van der Waals surface area (Å²) in [6, 6.07) is 9.78. The summed E-state index contributed by atoms with van der Waals surface area (Å²) in [6.07, 6.45) is 3.06. The van der Waals surface area contributed by atoms with Crippen molar-refractivity contribution in [2.24, 2.45) is 11.8 Å². The number of nitrogens with zero attached hydrogens (tertiary/aromatic N) is 2. The number of hydrogen-bond donors (Lipinski definition) is 1. The first-order valence-corrected chi connectivity index (χ1v) is 9.28. The van der Waals surface area contributed by atoms with Crippen LogP contribution in [-0.2, 0) is 14.4 Å². The molecule has 6 heteroatoms. The van der Waals surface area contributed by atoms with Crippen LogP contribution in [0, 0.1) is 11.8 Å². The van der Waals surface area contributed by atoms with Crippen LogP contribution in [0.5, 0.6) is 0 Å². The lowest BCUT2D eigenvalue weighted by atomic mass is 9.93. The van der Waals surface area contributed by atoms with Crippen LogP contribution in [0.25, 0.3) is 0 Å². The van der Waals surface area contributed by atoms with E-state index in [1.165, 1.54) is 4.90 Å². The average molecular weight is 358 g/mol. The molecule has 0 aromatic heterocycles. The van der Waals surface area contributed by atoms with E-state index >= 15 is 0 Å². The molecule has 0 bridgehead atoms. The van der Waals surface area contributed by atoms with Crippen molar-refractivity contribution in [3.05, 3.63) is 35.9 Å². The van der Waals surface area contributed by atoms with Crippen molar-refractivity contribution < 1.29 is 19.5 Å². The molecule has 1 aromatic carbocycles. The number of carboxylic acid groups (broad SMARTS) is 1. The van der Waals surface area contributed by atoms with Gasteiger partial charge < -0.3 is 14.9 Å². The number of rotatable bonds is 6. The number of carbonyl (C=O) groups excluding carboxylic acids is 2. The summed E-state index contributed by atoms with van der Waals surface area (Å²) >= 11 is 0. The monoisotopic (exact) mass is 358 g/mol. The molecule has 1 saturated heterocycles. The zero-order valence-corrected chi connectivity index (χ0v) is 15.1. The maximum absolute atomic E-state index is 13.0. The second-order valence-corrected chi connectivity index (χ2v) is 7.41. The molecule has 1 aliphatic carbocycles. The fourth-order valence-corrected chi connectivity index (χ4v) is 3.70. The minimum absolute atomic E-state index is 0.00697. The fraction of sp³-hybridized carbons (Fsp3) is 0.550. The second kappa shape index (κ2) is 7.89. The van der Waals surface area contributed by atoms with Gasteiger partial charge in [0, 0.05) is 20.1 Å². The van der Waals surface area contributed by atoms with E-state index in [4.69, 9.17) is 5.11 Å². The number of hydrogen-bond acceptors (Lipinski definition) is 3. The topological polar surface area (TPSA) is 77.9 Å². The Bertz CT molecular complexity index is 664. The number of carbonyl (C=O) groups is 3. The van der Waals surface area contributed by atoms with Crippen molar-refractivity contribution in [2.45, 2.75) is 31.6 Å². The molecule has 1 N–H and O–H groups in total. The third-order valence-electron chi connectivity index (χ3n) is 5.46. The first-order valence-electron chi connectivity index (χ1n) is 9.28.